The van der Waals surface area contributed by atoms with Crippen LogP contribution in [-0.4, -0.2) is 60.2 Å². The molecule has 0 spiro atoms. The number of phenolic OH excluding ortho intramolecular Hbond substituents is 10. The van der Waals surface area contributed by atoms with Gasteiger partial charge in [-0.05, 0) is 57.6 Å². The number of thiophene rings is 1. The summed E-state index contributed by atoms with van der Waals surface area (Å²) < 4.78 is 4.63. The Hall–Kier alpha value is -9.20. The van der Waals surface area contributed by atoms with E-state index in [9.17, 15) is 51.1 Å². The van der Waals surface area contributed by atoms with Crippen molar-refractivity contribution in [3.05, 3.63) is 146 Å². The molecule has 0 unspecified atom stereocenters. The minimum atomic E-state index is -1.11. The highest BCUT2D eigenvalue weighted by Crippen LogP contribution is 2.61. The first kappa shape index (κ1) is 39.4. The van der Waals surface area contributed by atoms with Gasteiger partial charge in [-0.1, -0.05) is 121 Å². The summed E-state index contributed by atoms with van der Waals surface area (Å²) in [4.78, 5) is 0. The smallest absolute Gasteiger partial charge is 0.206 e. The highest BCUT2D eigenvalue weighted by atomic mass is 32.1. The van der Waals surface area contributed by atoms with Crippen LogP contribution in [0.5, 0.6) is 57.5 Å². The number of hydrogen-bond donors (Lipinski definition) is 10. The average Bonchev–Trinajstić information content (AvgIpc) is 4.05. The number of nitrogens with zero attached hydrogens (tertiary/aromatic N) is 2. The van der Waals surface area contributed by atoms with Gasteiger partial charge in [-0.3, -0.25) is 0 Å². The predicted molar refractivity (Wildman–Crippen MR) is 261 cm³/mol. The van der Waals surface area contributed by atoms with E-state index in [1.807, 2.05) is 72.8 Å². The lowest BCUT2D eigenvalue weighted by atomic mass is 10.00. The molecule has 0 amide bonds. The third-order valence-electron chi connectivity index (χ3n) is 12.8. The van der Waals surface area contributed by atoms with Gasteiger partial charge in [0.15, 0.2) is 34.5 Å². The summed E-state index contributed by atoms with van der Waals surface area (Å²) in [5.74, 6) is -9.70. The van der Waals surface area contributed by atoms with Gasteiger partial charge in [0.1, 0.15) is 22.1 Å². The zero-order valence-corrected chi connectivity index (χ0v) is 35.4. The van der Waals surface area contributed by atoms with Crippen LogP contribution in [0.15, 0.2) is 146 Å². The highest BCUT2D eigenvalue weighted by Gasteiger charge is 2.35. The van der Waals surface area contributed by atoms with Gasteiger partial charge in [0.25, 0.3) is 0 Å². The third-order valence-corrected chi connectivity index (χ3v) is 14.1. The number of aromatic hydroxyl groups is 10. The predicted octanol–water partition coefficient (Wildman–Crippen LogP) is 12.3. The molecule has 12 rings (SSSR count). The lowest BCUT2D eigenvalue weighted by molar-refractivity contribution is 0.350. The van der Waals surface area contributed by atoms with Gasteiger partial charge in [-0.25, -0.2) is 0 Å². The van der Waals surface area contributed by atoms with Gasteiger partial charge in [-0.2, -0.15) is 0 Å². The van der Waals surface area contributed by atoms with Crippen LogP contribution in [-0.2, 0) is 0 Å². The van der Waals surface area contributed by atoms with E-state index in [2.05, 4.69) is 30.3 Å². The Morgan fingerprint density at radius 1 is 0.284 bits per heavy atom. The van der Waals surface area contributed by atoms with Gasteiger partial charge in [0.2, 0.25) is 23.0 Å². The van der Waals surface area contributed by atoms with E-state index in [0.29, 0.717) is 5.56 Å². The molecule has 0 aliphatic heterocycles. The molecule has 0 radical (unpaired) electrons. The topological polar surface area (TPSA) is 212 Å². The van der Waals surface area contributed by atoms with Crippen LogP contribution in [0.1, 0.15) is 0 Å². The second-order valence-electron chi connectivity index (χ2n) is 16.3. The lowest BCUT2D eigenvalue weighted by Crippen LogP contribution is -1.97. The van der Waals surface area contributed by atoms with Crippen LogP contribution in [0.3, 0.4) is 0 Å². The van der Waals surface area contributed by atoms with Crippen LogP contribution in [0.4, 0.5) is 0 Å². The summed E-state index contributed by atoms with van der Waals surface area (Å²) in [6.45, 7) is 0. The van der Waals surface area contributed by atoms with Crippen molar-refractivity contribution in [1.82, 2.24) is 9.13 Å². The van der Waals surface area contributed by atoms with Crippen LogP contribution in [0.2, 0.25) is 0 Å². The minimum absolute atomic E-state index is 0.195. The van der Waals surface area contributed by atoms with Gasteiger partial charge in [0.05, 0.1) is 10.8 Å². The van der Waals surface area contributed by atoms with E-state index in [1.54, 1.807) is 53.8 Å². The third kappa shape index (κ3) is 5.34. The molecule has 9 aromatic carbocycles. The summed E-state index contributed by atoms with van der Waals surface area (Å²) in [7, 11) is 0. The van der Waals surface area contributed by atoms with Crippen molar-refractivity contribution in [2.45, 2.75) is 0 Å². The molecule has 0 fully saturated rings. The van der Waals surface area contributed by atoms with E-state index < -0.39 is 57.5 Å². The van der Waals surface area contributed by atoms with E-state index in [4.69, 9.17) is 0 Å². The zero-order chi connectivity index (χ0) is 46.2. The highest BCUT2D eigenvalue weighted by molar-refractivity contribution is 7.26. The van der Waals surface area contributed by atoms with Crippen molar-refractivity contribution in [2.75, 3.05) is 0 Å². The van der Waals surface area contributed by atoms with Gasteiger partial charge >= 0.3 is 0 Å². The molecule has 0 saturated heterocycles. The molecule has 326 valence electrons. The van der Waals surface area contributed by atoms with Crippen molar-refractivity contribution in [1.29, 1.82) is 0 Å². The first-order chi connectivity index (χ1) is 32.5. The quantitative estimate of drug-likeness (QED) is 0.0583. The number of rotatable bonds is 5. The second kappa shape index (κ2) is 14.1. The Labute approximate surface area is 381 Å². The maximum absolute atomic E-state index is 12.4. The Morgan fingerprint density at radius 2 is 0.672 bits per heavy atom. The second-order valence-corrected chi connectivity index (χ2v) is 17.4. The van der Waals surface area contributed by atoms with Crippen molar-refractivity contribution in [2.24, 2.45) is 0 Å². The SMILES string of the molecule is Oc1c(O)c(O)c2c(c1O)c1c3c4c(O)c(O)c(O)c(O)c4n(-c4cccc(-c5cccc6c5sc5c(-c7ccccc7)cccc56)c4)c3c(O)c(O)c1n2-c1ccc(-c2ccccc2)cc1. The molecule has 12 nitrogen and oxygen atoms in total. The fourth-order valence-corrected chi connectivity index (χ4v) is 11.2. The fourth-order valence-electron chi connectivity index (χ4n) is 9.78. The zero-order valence-electron chi connectivity index (χ0n) is 34.6. The lowest BCUT2D eigenvalue weighted by Gasteiger charge is -2.14. The summed E-state index contributed by atoms with van der Waals surface area (Å²) in [5.41, 5.74) is 4.70. The van der Waals surface area contributed by atoms with E-state index in [-0.39, 0.29) is 55.0 Å². The van der Waals surface area contributed by atoms with Gasteiger partial charge < -0.3 is 60.2 Å². The summed E-state index contributed by atoms with van der Waals surface area (Å²) in [6.07, 6.45) is 0. The van der Waals surface area contributed by atoms with E-state index in [1.165, 1.54) is 9.13 Å². The molecule has 3 heterocycles. The van der Waals surface area contributed by atoms with Gasteiger partial charge in [0, 0.05) is 42.3 Å². The number of hydrogen-bond acceptors (Lipinski definition) is 11. The maximum Gasteiger partial charge on any atom is 0.206 e. The molecule has 12 aromatic rings. The minimum Gasteiger partial charge on any atom is -0.504 e. The normalized spacial score (nSPS) is 11.9. The molecule has 0 aliphatic rings. The molecular formula is C54H34N2O10S. The molecule has 0 aliphatic carbocycles. The van der Waals surface area contributed by atoms with E-state index >= 15 is 0 Å². The fraction of sp³-hybridized carbons (Fsp3) is 0. The first-order valence-corrected chi connectivity index (χ1v) is 21.8. The molecular weight excluding hydrogens is 869 g/mol. The largest absolute Gasteiger partial charge is 0.504 e. The van der Waals surface area contributed by atoms with Gasteiger partial charge in [-0.15, -0.1) is 11.3 Å². The Kier molecular flexibility index (Phi) is 8.32. The molecule has 0 atom stereocenters. The monoisotopic (exact) mass is 902 g/mol. The summed E-state index contributed by atoms with van der Waals surface area (Å²) in [6, 6.07) is 45.6. The summed E-state index contributed by atoms with van der Waals surface area (Å²) >= 11 is 1.63. The van der Waals surface area contributed by atoms with Crippen molar-refractivity contribution < 1.29 is 51.1 Å². The van der Waals surface area contributed by atoms with Crippen LogP contribution in [0, 0.1) is 0 Å². The molecule has 13 heteroatoms. The Morgan fingerprint density at radius 3 is 1.19 bits per heavy atom. The Balaban J connectivity index is 1.19. The van der Waals surface area contributed by atoms with Crippen LogP contribution in [0.25, 0.3) is 109 Å². The number of benzene rings is 9. The number of aromatic nitrogens is 2. The summed E-state index contributed by atoms with van der Waals surface area (Å²) in [5, 5.41) is 117. The molecule has 0 saturated carbocycles. The molecule has 10 N–H and O–H groups in total. The molecule has 67 heavy (non-hydrogen) atoms. The number of fused-ring (bicyclic) bond motifs is 10. The van der Waals surface area contributed by atoms with Crippen LogP contribution >= 0.6 is 11.3 Å². The standard InChI is InChI=1S/C54H34N2O10S/c57-43-37-35-36-38-42(48(62)52(66)50(64)44(38)58)56(30-15-7-14-28(24-30)32-17-9-19-34-33-18-8-16-31(53(33)67-54(32)34)27-12-5-2-6-13-27)40(36)46(60)45(59)39(35)55(41(37)47(61)51(65)49(43)63)29-22-20-26(21-23-29)25-10-3-1-4-11-25/h1-24,57-66H. The van der Waals surface area contributed by atoms with Crippen LogP contribution < -0.4 is 0 Å². The molecule has 0 bridgehead atoms. The Bertz CT molecular complexity index is 4080. The number of phenols is 10. The van der Waals surface area contributed by atoms with E-state index in [0.717, 1.165) is 48.0 Å². The van der Waals surface area contributed by atoms with Crippen molar-refractivity contribution >= 4 is 75.1 Å². The maximum atomic E-state index is 12.4. The van der Waals surface area contributed by atoms with Crippen molar-refractivity contribution in [3.63, 3.8) is 0 Å². The van der Waals surface area contributed by atoms with Crippen molar-refractivity contribution in [3.8, 4) is 102 Å². The first-order valence-electron chi connectivity index (χ1n) is 20.9. The average molecular weight is 903 g/mol. The molecule has 3 aromatic heterocycles.